The van der Waals surface area contributed by atoms with Gasteiger partial charge in [0, 0.05) is 5.92 Å². The Balaban J connectivity index is 2.38. The second-order valence-corrected chi connectivity index (χ2v) is 5.82. The van der Waals surface area contributed by atoms with Gasteiger partial charge in [0.2, 0.25) is 11.6 Å². The first-order valence-corrected chi connectivity index (χ1v) is 6.31. The zero-order chi connectivity index (χ0) is 12.8. The maximum atomic E-state index is 11.8. The third kappa shape index (κ3) is 1.80. The summed E-state index contributed by atoms with van der Waals surface area (Å²) in [5, 5.41) is 0. The number of hydrogen-bond donors (Lipinski definition) is 0. The molecule has 0 aromatic rings. The van der Waals surface area contributed by atoms with E-state index in [1.165, 1.54) is 11.1 Å². The van der Waals surface area contributed by atoms with Crippen LogP contribution in [-0.2, 0) is 9.59 Å². The molecule has 1 saturated carbocycles. The molecular weight excluding hydrogens is 212 g/mol. The van der Waals surface area contributed by atoms with E-state index in [1.54, 1.807) is 6.08 Å². The number of hydrogen-bond acceptors (Lipinski definition) is 2. The van der Waals surface area contributed by atoms with E-state index in [0.717, 1.165) is 19.3 Å². The highest BCUT2D eigenvalue weighted by Gasteiger charge is 2.47. The van der Waals surface area contributed by atoms with Gasteiger partial charge >= 0.3 is 0 Å². The summed E-state index contributed by atoms with van der Waals surface area (Å²) in [4.78, 5) is 23.4. The largest absolute Gasteiger partial charge is 0.290 e. The fourth-order valence-corrected chi connectivity index (χ4v) is 3.20. The van der Waals surface area contributed by atoms with Gasteiger partial charge in [-0.3, -0.25) is 9.59 Å². The Bertz CT molecular complexity index is 430. The smallest absolute Gasteiger partial charge is 0.221 e. The normalized spacial score (nSPS) is 37.5. The maximum absolute atomic E-state index is 11.8. The van der Waals surface area contributed by atoms with Crippen molar-refractivity contribution in [2.75, 3.05) is 0 Å². The standard InChI is InChI=1S/C15H20O2/c1-9(2)11-5-6-12-7-13(16)14(17)10(3)15(12,4)8-11/h7,10-11H,1,5-6,8H2,2-4H3/t10-,11?,15?/m0/s1. The lowest BCUT2D eigenvalue weighted by molar-refractivity contribution is -0.139. The molecule has 0 radical (unpaired) electrons. The highest BCUT2D eigenvalue weighted by atomic mass is 16.2. The van der Waals surface area contributed by atoms with Crippen LogP contribution in [0, 0.1) is 17.3 Å². The minimum absolute atomic E-state index is 0.132. The number of allylic oxidation sites excluding steroid dienone is 3. The molecule has 2 nitrogen and oxygen atoms in total. The van der Waals surface area contributed by atoms with E-state index >= 15 is 0 Å². The topological polar surface area (TPSA) is 34.1 Å². The molecule has 2 heteroatoms. The van der Waals surface area contributed by atoms with Crippen molar-refractivity contribution in [1.82, 2.24) is 0 Å². The SMILES string of the molecule is C=C(C)C1CCC2=CC(=O)C(=O)[C@H](C)C2(C)C1. The number of rotatable bonds is 1. The van der Waals surface area contributed by atoms with Crippen molar-refractivity contribution >= 4 is 11.6 Å². The van der Waals surface area contributed by atoms with Crippen molar-refractivity contribution < 1.29 is 9.59 Å². The molecule has 0 bridgehead atoms. The quantitative estimate of drug-likeness (QED) is 0.514. The molecule has 0 N–H and O–H groups in total. The average molecular weight is 232 g/mol. The minimum atomic E-state index is -0.307. The van der Waals surface area contributed by atoms with E-state index in [4.69, 9.17) is 0 Å². The fraction of sp³-hybridized carbons (Fsp3) is 0.600. The van der Waals surface area contributed by atoms with Crippen LogP contribution in [0.3, 0.4) is 0 Å². The molecular formula is C15H20O2. The first-order chi connectivity index (χ1) is 7.86. The molecule has 17 heavy (non-hydrogen) atoms. The lowest BCUT2D eigenvalue weighted by Gasteiger charge is -2.46. The van der Waals surface area contributed by atoms with Gasteiger partial charge in [-0.2, -0.15) is 0 Å². The van der Waals surface area contributed by atoms with Crippen LogP contribution in [0.2, 0.25) is 0 Å². The van der Waals surface area contributed by atoms with E-state index in [2.05, 4.69) is 20.4 Å². The zero-order valence-corrected chi connectivity index (χ0v) is 10.9. The summed E-state index contributed by atoms with van der Waals surface area (Å²) in [7, 11) is 0. The van der Waals surface area contributed by atoms with E-state index in [1.807, 2.05) is 6.92 Å². The summed E-state index contributed by atoms with van der Waals surface area (Å²) in [6.45, 7) is 10.1. The Morgan fingerprint density at radius 2 is 2.12 bits per heavy atom. The Morgan fingerprint density at radius 1 is 1.47 bits per heavy atom. The Kier molecular flexibility index (Phi) is 2.84. The summed E-state index contributed by atoms with van der Waals surface area (Å²) in [5.74, 6) is -0.227. The van der Waals surface area contributed by atoms with Crippen molar-refractivity contribution in [2.45, 2.75) is 40.0 Å². The van der Waals surface area contributed by atoms with E-state index in [9.17, 15) is 9.59 Å². The lowest BCUT2D eigenvalue weighted by atomic mass is 9.57. The second kappa shape index (κ2) is 3.94. The van der Waals surface area contributed by atoms with E-state index in [0.29, 0.717) is 5.92 Å². The number of carbonyl (C=O) groups excluding carboxylic acids is 2. The molecule has 0 saturated heterocycles. The van der Waals surface area contributed by atoms with E-state index in [-0.39, 0.29) is 22.9 Å². The van der Waals surface area contributed by atoms with Gasteiger partial charge in [0.05, 0.1) is 0 Å². The third-order valence-electron chi connectivity index (χ3n) is 4.76. The third-order valence-corrected chi connectivity index (χ3v) is 4.76. The molecule has 0 amide bonds. The average Bonchev–Trinajstić information content (AvgIpc) is 2.27. The van der Waals surface area contributed by atoms with Gasteiger partial charge in [0.1, 0.15) is 0 Å². The molecule has 2 rings (SSSR count). The summed E-state index contributed by atoms with van der Waals surface area (Å²) < 4.78 is 0. The summed E-state index contributed by atoms with van der Waals surface area (Å²) in [6, 6.07) is 0. The van der Waals surface area contributed by atoms with Crippen molar-refractivity contribution in [3.63, 3.8) is 0 Å². The predicted octanol–water partition coefficient (Wildman–Crippen LogP) is 3.08. The summed E-state index contributed by atoms with van der Waals surface area (Å²) in [5.41, 5.74) is 2.24. The van der Waals surface area contributed by atoms with Gasteiger partial charge in [0.15, 0.2) is 0 Å². The monoisotopic (exact) mass is 232 g/mol. The van der Waals surface area contributed by atoms with Crippen molar-refractivity contribution in [3.05, 3.63) is 23.8 Å². The number of carbonyl (C=O) groups is 2. The lowest BCUT2D eigenvalue weighted by Crippen LogP contribution is -2.44. The van der Waals surface area contributed by atoms with Crippen molar-refractivity contribution in [1.29, 1.82) is 0 Å². The Labute approximate surface area is 103 Å². The van der Waals surface area contributed by atoms with Gasteiger partial charge in [-0.05, 0) is 43.6 Å². The van der Waals surface area contributed by atoms with Crippen molar-refractivity contribution in [3.8, 4) is 0 Å². The highest BCUT2D eigenvalue weighted by Crippen LogP contribution is 2.51. The maximum Gasteiger partial charge on any atom is 0.221 e. The van der Waals surface area contributed by atoms with Crippen LogP contribution in [0.15, 0.2) is 23.8 Å². The number of ketones is 2. The fourth-order valence-electron chi connectivity index (χ4n) is 3.20. The van der Waals surface area contributed by atoms with Crippen LogP contribution in [0.25, 0.3) is 0 Å². The highest BCUT2D eigenvalue weighted by molar-refractivity contribution is 6.43. The summed E-state index contributed by atoms with van der Waals surface area (Å²) in [6.07, 6.45) is 4.54. The second-order valence-electron chi connectivity index (χ2n) is 5.82. The Hall–Kier alpha value is -1.18. The van der Waals surface area contributed by atoms with Crippen LogP contribution in [0.1, 0.15) is 40.0 Å². The predicted molar refractivity (Wildman–Crippen MR) is 67.5 cm³/mol. The number of fused-ring (bicyclic) bond motifs is 1. The van der Waals surface area contributed by atoms with Gasteiger partial charge in [0.25, 0.3) is 0 Å². The van der Waals surface area contributed by atoms with Gasteiger partial charge in [-0.25, -0.2) is 0 Å². The molecule has 0 aromatic carbocycles. The molecule has 0 aromatic heterocycles. The van der Waals surface area contributed by atoms with Gasteiger partial charge in [-0.1, -0.05) is 31.6 Å². The van der Waals surface area contributed by atoms with Crippen molar-refractivity contribution in [2.24, 2.45) is 17.3 Å². The first-order valence-electron chi connectivity index (χ1n) is 6.31. The van der Waals surface area contributed by atoms with Gasteiger partial charge < -0.3 is 0 Å². The summed E-state index contributed by atoms with van der Waals surface area (Å²) >= 11 is 0. The van der Waals surface area contributed by atoms with Crippen LogP contribution < -0.4 is 0 Å². The molecule has 0 aliphatic heterocycles. The zero-order valence-electron chi connectivity index (χ0n) is 10.9. The molecule has 2 unspecified atom stereocenters. The molecule has 2 aliphatic carbocycles. The van der Waals surface area contributed by atoms with E-state index < -0.39 is 0 Å². The van der Waals surface area contributed by atoms with Crippen LogP contribution >= 0.6 is 0 Å². The van der Waals surface area contributed by atoms with Crippen LogP contribution in [0.5, 0.6) is 0 Å². The molecule has 1 fully saturated rings. The minimum Gasteiger partial charge on any atom is -0.290 e. The molecule has 0 heterocycles. The van der Waals surface area contributed by atoms with Crippen LogP contribution in [-0.4, -0.2) is 11.6 Å². The van der Waals surface area contributed by atoms with Crippen LogP contribution in [0.4, 0.5) is 0 Å². The molecule has 3 atom stereocenters. The first kappa shape index (κ1) is 12.3. The molecule has 0 spiro atoms. The number of Topliss-reactive ketones (excluding diaryl/α,β-unsaturated/α-hetero) is 1. The van der Waals surface area contributed by atoms with Gasteiger partial charge in [-0.15, -0.1) is 0 Å². The molecule has 2 aliphatic rings. The Morgan fingerprint density at radius 3 is 2.71 bits per heavy atom. The molecule has 92 valence electrons.